The van der Waals surface area contributed by atoms with Crippen molar-refractivity contribution >= 4 is 0 Å². The molecule has 2 aliphatic rings. The maximum Gasteiger partial charge on any atom is 0.0125 e. The standard InChI is InChI=1S/C18H36N2.C2H6/c1-15(2)14-19-12-10-18(11-13-19)20(16(3)4)17-8-6-5-7-9-17;1-2/h15-18H,5-14H2,1-4H3;1-2H3. The van der Waals surface area contributed by atoms with Crippen LogP contribution in [0.4, 0.5) is 0 Å². The Bertz CT molecular complexity index is 261. The highest BCUT2D eigenvalue weighted by molar-refractivity contribution is 4.87. The quantitative estimate of drug-likeness (QED) is 0.690. The van der Waals surface area contributed by atoms with Crippen LogP contribution in [0.1, 0.15) is 86.5 Å². The first-order chi connectivity index (χ1) is 10.6. The molecular formula is C20H42N2. The summed E-state index contributed by atoms with van der Waals surface area (Å²) < 4.78 is 0. The molecule has 0 radical (unpaired) electrons. The molecule has 2 nitrogen and oxygen atoms in total. The molecule has 2 rings (SSSR count). The van der Waals surface area contributed by atoms with Crippen molar-refractivity contribution in [3.8, 4) is 0 Å². The Hall–Kier alpha value is -0.0800. The van der Waals surface area contributed by atoms with Gasteiger partial charge in [-0.3, -0.25) is 4.90 Å². The first-order valence-electron chi connectivity index (χ1n) is 10.1. The van der Waals surface area contributed by atoms with E-state index >= 15 is 0 Å². The van der Waals surface area contributed by atoms with Crippen LogP contribution in [0.15, 0.2) is 0 Å². The second kappa shape index (κ2) is 10.6. The van der Waals surface area contributed by atoms with Crippen LogP contribution in [0.3, 0.4) is 0 Å². The van der Waals surface area contributed by atoms with Gasteiger partial charge in [0.05, 0.1) is 0 Å². The smallest absolute Gasteiger partial charge is 0.0125 e. The predicted molar refractivity (Wildman–Crippen MR) is 99.5 cm³/mol. The van der Waals surface area contributed by atoms with E-state index in [1.165, 1.54) is 64.6 Å². The van der Waals surface area contributed by atoms with E-state index in [0.29, 0.717) is 0 Å². The van der Waals surface area contributed by atoms with Gasteiger partial charge < -0.3 is 4.90 Å². The van der Waals surface area contributed by atoms with Gasteiger partial charge in [0, 0.05) is 24.7 Å². The average Bonchev–Trinajstić information content (AvgIpc) is 2.51. The van der Waals surface area contributed by atoms with E-state index in [4.69, 9.17) is 0 Å². The van der Waals surface area contributed by atoms with Gasteiger partial charge in [-0.05, 0) is 58.5 Å². The van der Waals surface area contributed by atoms with Gasteiger partial charge in [-0.15, -0.1) is 0 Å². The van der Waals surface area contributed by atoms with Crippen molar-refractivity contribution in [1.82, 2.24) is 9.80 Å². The Kier molecular flexibility index (Phi) is 9.66. The van der Waals surface area contributed by atoms with Crippen molar-refractivity contribution in [1.29, 1.82) is 0 Å². The lowest BCUT2D eigenvalue weighted by Crippen LogP contribution is -2.52. The molecule has 0 bridgehead atoms. The van der Waals surface area contributed by atoms with Crippen LogP contribution in [0.25, 0.3) is 0 Å². The lowest BCUT2D eigenvalue weighted by molar-refractivity contribution is 0.0307. The highest BCUT2D eigenvalue weighted by Crippen LogP contribution is 2.29. The summed E-state index contributed by atoms with van der Waals surface area (Å²) in [6.07, 6.45) is 10.1. The molecular weight excluding hydrogens is 268 g/mol. The molecule has 0 aromatic rings. The molecule has 1 saturated heterocycles. The van der Waals surface area contributed by atoms with Crippen LogP contribution in [0, 0.1) is 5.92 Å². The van der Waals surface area contributed by atoms with Crippen LogP contribution in [0.2, 0.25) is 0 Å². The second-order valence-corrected chi connectivity index (χ2v) is 7.76. The molecule has 1 saturated carbocycles. The van der Waals surface area contributed by atoms with Crippen LogP contribution >= 0.6 is 0 Å². The van der Waals surface area contributed by atoms with Crippen LogP contribution in [-0.2, 0) is 0 Å². The first kappa shape index (κ1) is 20.0. The summed E-state index contributed by atoms with van der Waals surface area (Å²) in [6, 6.07) is 2.45. The Morgan fingerprint density at radius 2 is 1.32 bits per heavy atom. The Balaban J connectivity index is 0.00000116. The third-order valence-corrected chi connectivity index (χ3v) is 5.19. The fourth-order valence-electron chi connectivity index (χ4n) is 4.44. The molecule has 2 fully saturated rings. The second-order valence-electron chi connectivity index (χ2n) is 7.76. The molecule has 0 N–H and O–H groups in total. The van der Waals surface area contributed by atoms with Crippen molar-refractivity contribution in [2.45, 2.75) is 105 Å². The largest absolute Gasteiger partial charge is 0.303 e. The minimum atomic E-state index is 0.722. The fourth-order valence-corrected chi connectivity index (χ4v) is 4.44. The molecule has 2 heteroatoms. The zero-order valence-electron chi connectivity index (χ0n) is 16.3. The third kappa shape index (κ3) is 6.20. The highest BCUT2D eigenvalue weighted by atomic mass is 15.2. The molecule has 132 valence electrons. The third-order valence-electron chi connectivity index (χ3n) is 5.19. The summed E-state index contributed by atoms with van der Waals surface area (Å²) in [4.78, 5) is 5.58. The molecule has 0 spiro atoms. The van der Waals surface area contributed by atoms with E-state index in [1.54, 1.807) is 0 Å². The normalized spacial score (nSPS) is 22.2. The van der Waals surface area contributed by atoms with Crippen molar-refractivity contribution in [3.05, 3.63) is 0 Å². The molecule has 1 heterocycles. The average molecular weight is 311 g/mol. The number of hydrogen-bond donors (Lipinski definition) is 0. The van der Waals surface area contributed by atoms with E-state index < -0.39 is 0 Å². The molecule has 22 heavy (non-hydrogen) atoms. The van der Waals surface area contributed by atoms with Crippen LogP contribution < -0.4 is 0 Å². The molecule has 0 aromatic heterocycles. The Morgan fingerprint density at radius 3 is 1.77 bits per heavy atom. The van der Waals surface area contributed by atoms with E-state index in [9.17, 15) is 0 Å². The van der Waals surface area contributed by atoms with Crippen LogP contribution in [0.5, 0.6) is 0 Å². The van der Waals surface area contributed by atoms with Gasteiger partial charge >= 0.3 is 0 Å². The first-order valence-corrected chi connectivity index (χ1v) is 10.1. The lowest BCUT2D eigenvalue weighted by atomic mass is 9.90. The Morgan fingerprint density at radius 1 is 0.818 bits per heavy atom. The monoisotopic (exact) mass is 310 g/mol. The molecule has 1 aliphatic carbocycles. The van der Waals surface area contributed by atoms with Gasteiger partial charge in [-0.2, -0.15) is 0 Å². The molecule has 1 aliphatic heterocycles. The fraction of sp³-hybridized carbons (Fsp3) is 1.00. The van der Waals surface area contributed by atoms with E-state index in [-0.39, 0.29) is 0 Å². The Labute approximate surface area is 140 Å². The van der Waals surface area contributed by atoms with Crippen molar-refractivity contribution in [3.63, 3.8) is 0 Å². The summed E-state index contributed by atoms with van der Waals surface area (Å²) in [5, 5.41) is 0. The topological polar surface area (TPSA) is 6.48 Å². The lowest BCUT2D eigenvalue weighted by Gasteiger charge is -2.46. The summed E-state index contributed by atoms with van der Waals surface area (Å²) >= 11 is 0. The summed E-state index contributed by atoms with van der Waals surface area (Å²) in [7, 11) is 0. The molecule has 0 unspecified atom stereocenters. The number of hydrogen-bond acceptors (Lipinski definition) is 2. The SMILES string of the molecule is CC.CC(C)CN1CCC(N(C(C)C)C2CCCCC2)CC1. The zero-order valence-corrected chi connectivity index (χ0v) is 16.3. The minimum absolute atomic E-state index is 0.722. The van der Waals surface area contributed by atoms with Crippen molar-refractivity contribution in [2.75, 3.05) is 19.6 Å². The summed E-state index contributed by atoms with van der Waals surface area (Å²) in [5.41, 5.74) is 0. The predicted octanol–water partition coefficient (Wildman–Crippen LogP) is 5.18. The number of rotatable bonds is 5. The molecule has 0 atom stereocenters. The van der Waals surface area contributed by atoms with E-state index in [1.807, 2.05) is 13.8 Å². The minimum Gasteiger partial charge on any atom is -0.303 e. The van der Waals surface area contributed by atoms with Gasteiger partial charge in [0.15, 0.2) is 0 Å². The number of likely N-dealkylation sites (tertiary alicyclic amines) is 1. The number of nitrogens with zero attached hydrogens (tertiary/aromatic N) is 2. The highest BCUT2D eigenvalue weighted by Gasteiger charge is 2.31. The summed E-state index contributed by atoms with van der Waals surface area (Å²) in [6.45, 7) is 17.4. The number of piperidine rings is 1. The summed E-state index contributed by atoms with van der Waals surface area (Å²) in [5.74, 6) is 0.811. The van der Waals surface area contributed by atoms with E-state index in [0.717, 1.165) is 24.0 Å². The van der Waals surface area contributed by atoms with Crippen molar-refractivity contribution < 1.29 is 0 Å². The molecule has 0 aromatic carbocycles. The molecule has 0 amide bonds. The van der Waals surface area contributed by atoms with Gasteiger partial charge in [-0.1, -0.05) is 47.0 Å². The van der Waals surface area contributed by atoms with Crippen LogP contribution in [-0.4, -0.2) is 47.6 Å². The van der Waals surface area contributed by atoms with Gasteiger partial charge in [0.2, 0.25) is 0 Å². The zero-order chi connectivity index (χ0) is 16.5. The van der Waals surface area contributed by atoms with E-state index in [2.05, 4.69) is 37.5 Å². The maximum absolute atomic E-state index is 2.89. The van der Waals surface area contributed by atoms with Gasteiger partial charge in [0.1, 0.15) is 0 Å². The van der Waals surface area contributed by atoms with Crippen molar-refractivity contribution in [2.24, 2.45) is 5.92 Å². The maximum atomic E-state index is 2.89. The van der Waals surface area contributed by atoms with Gasteiger partial charge in [0.25, 0.3) is 0 Å². The van der Waals surface area contributed by atoms with Gasteiger partial charge in [-0.25, -0.2) is 0 Å².